The SMILES string of the molecule is [C-]#[N+]N1CCCCC1=O. The normalized spacial score (nSPS) is 19.4. The van der Waals surface area contributed by atoms with Crippen LogP contribution in [0.1, 0.15) is 19.3 Å². The van der Waals surface area contributed by atoms with E-state index in [0.717, 1.165) is 12.8 Å². The summed E-state index contributed by atoms with van der Waals surface area (Å²) >= 11 is 0. The Morgan fingerprint density at radius 2 is 2.33 bits per heavy atom. The van der Waals surface area contributed by atoms with Crippen molar-refractivity contribution in [1.29, 1.82) is 0 Å². The molecule has 3 nitrogen and oxygen atoms in total. The number of hydrogen-bond donors (Lipinski definition) is 0. The average Bonchev–Trinajstić information content (AvgIpc) is 1.89. The fraction of sp³-hybridized carbons (Fsp3) is 0.667. The second kappa shape index (κ2) is 2.49. The van der Waals surface area contributed by atoms with Crippen molar-refractivity contribution >= 4 is 5.91 Å². The summed E-state index contributed by atoms with van der Waals surface area (Å²) < 4.78 is 0. The van der Waals surface area contributed by atoms with Gasteiger partial charge >= 0.3 is 0 Å². The Morgan fingerprint density at radius 3 is 2.78 bits per heavy atom. The van der Waals surface area contributed by atoms with E-state index < -0.39 is 0 Å². The molecule has 0 bridgehead atoms. The van der Waals surface area contributed by atoms with Crippen molar-refractivity contribution in [2.45, 2.75) is 19.3 Å². The molecule has 1 amide bonds. The molecule has 1 saturated heterocycles. The van der Waals surface area contributed by atoms with E-state index in [1.165, 1.54) is 5.01 Å². The highest BCUT2D eigenvalue weighted by atomic mass is 16.2. The first-order valence-electron chi connectivity index (χ1n) is 3.02. The molecule has 1 aliphatic heterocycles. The van der Waals surface area contributed by atoms with Gasteiger partial charge in [-0.05, 0) is 17.9 Å². The number of rotatable bonds is 0. The highest BCUT2D eigenvalue weighted by Crippen LogP contribution is 2.09. The van der Waals surface area contributed by atoms with E-state index in [-0.39, 0.29) is 5.91 Å². The van der Waals surface area contributed by atoms with Crippen LogP contribution in [0.25, 0.3) is 4.95 Å². The molecule has 0 radical (unpaired) electrons. The smallest absolute Gasteiger partial charge is 0.268 e. The molecule has 0 aromatic rings. The highest BCUT2D eigenvalue weighted by molar-refractivity contribution is 5.77. The van der Waals surface area contributed by atoms with Crippen LogP contribution in [0.4, 0.5) is 0 Å². The van der Waals surface area contributed by atoms with Crippen molar-refractivity contribution in [1.82, 2.24) is 5.01 Å². The van der Waals surface area contributed by atoms with E-state index >= 15 is 0 Å². The molecule has 48 valence electrons. The molecule has 0 aliphatic carbocycles. The Bertz CT molecular complexity index is 159. The molecular formula is C6H8N2O. The first kappa shape index (κ1) is 6.09. The largest absolute Gasteiger partial charge is 0.291 e. The summed E-state index contributed by atoms with van der Waals surface area (Å²) in [7, 11) is 0. The zero-order chi connectivity index (χ0) is 6.69. The number of piperidine rings is 1. The van der Waals surface area contributed by atoms with Gasteiger partial charge in [-0.1, -0.05) is 0 Å². The van der Waals surface area contributed by atoms with Crippen molar-refractivity contribution < 1.29 is 4.79 Å². The van der Waals surface area contributed by atoms with Gasteiger partial charge in [-0.3, -0.25) is 4.79 Å². The third-order valence-corrected chi connectivity index (χ3v) is 1.42. The molecule has 3 heteroatoms. The fourth-order valence-corrected chi connectivity index (χ4v) is 0.897. The Labute approximate surface area is 54.1 Å². The Morgan fingerprint density at radius 1 is 1.56 bits per heavy atom. The predicted octanol–water partition coefficient (Wildman–Crippen LogP) is 0.833. The van der Waals surface area contributed by atoms with Gasteiger partial charge in [-0.2, -0.15) is 11.5 Å². The van der Waals surface area contributed by atoms with Crippen LogP contribution in [0.3, 0.4) is 0 Å². The minimum Gasteiger partial charge on any atom is -0.268 e. The van der Waals surface area contributed by atoms with Gasteiger partial charge in [0, 0.05) is 6.42 Å². The van der Waals surface area contributed by atoms with Gasteiger partial charge in [0.1, 0.15) is 0 Å². The molecule has 1 rings (SSSR count). The molecule has 1 fully saturated rings. The molecule has 0 N–H and O–H groups in total. The standard InChI is InChI=1S/C6H8N2O/c1-7-8-5-3-2-4-6(8)9/h2-5H2. The molecule has 0 unspecified atom stereocenters. The summed E-state index contributed by atoms with van der Waals surface area (Å²) in [5.74, 6) is -0.0174. The van der Waals surface area contributed by atoms with E-state index in [1.54, 1.807) is 0 Å². The lowest BCUT2D eigenvalue weighted by Gasteiger charge is -2.12. The Kier molecular flexibility index (Phi) is 1.69. The number of carbonyl (C=O) groups is 1. The molecule has 0 spiro atoms. The van der Waals surface area contributed by atoms with Crippen molar-refractivity contribution in [3.63, 3.8) is 0 Å². The summed E-state index contributed by atoms with van der Waals surface area (Å²) in [6, 6.07) is 0. The summed E-state index contributed by atoms with van der Waals surface area (Å²) in [5.41, 5.74) is 0. The van der Waals surface area contributed by atoms with Crippen molar-refractivity contribution in [2.75, 3.05) is 6.54 Å². The first-order valence-corrected chi connectivity index (χ1v) is 3.02. The minimum absolute atomic E-state index is 0.0174. The molecule has 0 atom stereocenters. The lowest BCUT2D eigenvalue weighted by atomic mass is 10.1. The zero-order valence-electron chi connectivity index (χ0n) is 5.13. The maximum atomic E-state index is 10.7. The highest BCUT2D eigenvalue weighted by Gasteiger charge is 2.21. The van der Waals surface area contributed by atoms with Crippen LogP contribution in [0.15, 0.2) is 0 Å². The lowest BCUT2D eigenvalue weighted by Crippen LogP contribution is -2.28. The van der Waals surface area contributed by atoms with Crippen LogP contribution >= 0.6 is 0 Å². The molecule has 0 aromatic heterocycles. The van der Waals surface area contributed by atoms with Gasteiger partial charge in [0.05, 0.1) is 6.54 Å². The second-order valence-corrected chi connectivity index (χ2v) is 2.07. The van der Waals surface area contributed by atoms with Crippen LogP contribution in [-0.4, -0.2) is 17.5 Å². The maximum Gasteiger partial charge on any atom is 0.291 e. The summed E-state index contributed by atoms with van der Waals surface area (Å²) in [6.07, 6.45) is 2.49. The van der Waals surface area contributed by atoms with E-state index in [2.05, 4.69) is 4.95 Å². The van der Waals surface area contributed by atoms with Gasteiger partial charge < -0.3 is 0 Å². The summed E-state index contributed by atoms with van der Waals surface area (Å²) in [4.78, 5) is 13.8. The van der Waals surface area contributed by atoms with Gasteiger partial charge in [0.25, 0.3) is 5.91 Å². The minimum atomic E-state index is -0.0174. The molecule has 1 heterocycles. The van der Waals surface area contributed by atoms with Crippen LogP contribution in [0.2, 0.25) is 0 Å². The average molecular weight is 124 g/mol. The van der Waals surface area contributed by atoms with Gasteiger partial charge in [0.2, 0.25) is 0 Å². The molecular weight excluding hydrogens is 116 g/mol. The summed E-state index contributed by atoms with van der Waals surface area (Å²) in [6.45, 7) is 7.18. The van der Waals surface area contributed by atoms with Crippen molar-refractivity contribution in [2.24, 2.45) is 0 Å². The van der Waals surface area contributed by atoms with Crippen molar-refractivity contribution in [3.05, 3.63) is 11.5 Å². The number of amides is 1. The predicted molar refractivity (Wildman–Crippen MR) is 32.2 cm³/mol. The molecule has 0 aromatic carbocycles. The number of hydrogen-bond acceptors (Lipinski definition) is 1. The van der Waals surface area contributed by atoms with Crippen LogP contribution < -0.4 is 0 Å². The van der Waals surface area contributed by atoms with Gasteiger partial charge in [-0.25, -0.2) is 0 Å². The molecule has 0 saturated carbocycles. The fourth-order valence-electron chi connectivity index (χ4n) is 0.897. The van der Waals surface area contributed by atoms with Crippen molar-refractivity contribution in [3.8, 4) is 0 Å². The number of nitrogens with zero attached hydrogens (tertiary/aromatic N) is 2. The number of carbonyl (C=O) groups excluding carboxylic acids is 1. The topological polar surface area (TPSA) is 24.7 Å². The molecule has 1 aliphatic rings. The Balaban J connectivity index is 2.51. The Hall–Kier alpha value is -1.04. The van der Waals surface area contributed by atoms with E-state index in [0.29, 0.717) is 13.0 Å². The maximum absolute atomic E-state index is 10.7. The quantitative estimate of drug-likeness (QED) is 0.439. The van der Waals surface area contributed by atoms with Crippen LogP contribution in [-0.2, 0) is 4.79 Å². The second-order valence-electron chi connectivity index (χ2n) is 2.07. The molecule has 9 heavy (non-hydrogen) atoms. The van der Waals surface area contributed by atoms with Crippen LogP contribution in [0.5, 0.6) is 0 Å². The van der Waals surface area contributed by atoms with E-state index in [9.17, 15) is 4.79 Å². The van der Waals surface area contributed by atoms with E-state index in [4.69, 9.17) is 6.57 Å². The van der Waals surface area contributed by atoms with Gasteiger partial charge in [0.15, 0.2) is 0 Å². The monoisotopic (exact) mass is 124 g/mol. The lowest BCUT2D eigenvalue weighted by molar-refractivity contribution is -0.130. The first-order chi connectivity index (χ1) is 4.34. The van der Waals surface area contributed by atoms with Crippen LogP contribution in [0, 0.1) is 6.57 Å². The summed E-state index contributed by atoms with van der Waals surface area (Å²) in [5, 5.41) is 1.21. The van der Waals surface area contributed by atoms with E-state index in [1.807, 2.05) is 0 Å². The zero-order valence-corrected chi connectivity index (χ0v) is 5.13. The third kappa shape index (κ3) is 1.20. The van der Waals surface area contributed by atoms with Gasteiger partial charge in [-0.15, -0.1) is 0 Å². The third-order valence-electron chi connectivity index (χ3n) is 1.42.